The Kier molecular flexibility index (Phi) is 6.14. The molecule has 1 heterocycles. The zero-order chi connectivity index (χ0) is 22.7. The minimum absolute atomic E-state index is 0.0113. The number of halogens is 2. The maximum absolute atomic E-state index is 14.4. The maximum Gasteiger partial charge on any atom is 0.221 e. The molecule has 0 fully saturated rings. The molecule has 0 bridgehead atoms. The molecule has 0 saturated heterocycles. The summed E-state index contributed by atoms with van der Waals surface area (Å²) in [6.07, 6.45) is 0. The van der Waals surface area contributed by atoms with E-state index in [1.54, 1.807) is 31.2 Å². The van der Waals surface area contributed by atoms with Crippen LogP contribution in [0.4, 0.5) is 10.3 Å². The molecule has 32 heavy (non-hydrogen) atoms. The zero-order valence-corrected chi connectivity index (χ0v) is 17.9. The number of nitrogens with two attached hydrogens (primary N) is 1. The van der Waals surface area contributed by atoms with Crippen LogP contribution in [0.3, 0.4) is 0 Å². The molecule has 0 aliphatic heterocycles. The van der Waals surface area contributed by atoms with Crippen LogP contribution in [0.5, 0.6) is 5.75 Å². The van der Waals surface area contributed by atoms with Gasteiger partial charge in [-0.2, -0.15) is 0 Å². The second-order valence-electron chi connectivity index (χ2n) is 7.23. The van der Waals surface area contributed by atoms with Gasteiger partial charge in [0.15, 0.2) is 5.78 Å². The predicted octanol–water partition coefficient (Wildman–Crippen LogP) is 5.64. The van der Waals surface area contributed by atoms with E-state index in [0.717, 1.165) is 11.1 Å². The third-order valence-electron chi connectivity index (χ3n) is 4.84. The van der Waals surface area contributed by atoms with Gasteiger partial charge in [0.25, 0.3) is 0 Å². The van der Waals surface area contributed by atoms with E-state index in [1.807, 2.05) is 30.3 Å². The molecule has 160 valence electrons. The topological polar surface area (TPSA) is 78.1 Å². The van der Waals surface area contributed by atoms with Crippen LogP contribution in [0.15, 0.2) is 72.8 Å². The minimum atomic E-state index is -0.574. The molecule has 0 atom stereocenters. The van der Waals surface area contributed by atoms with E-state index >= 15 is 0 Å². The van der Waals surface area contributed by atoms with Gasteiger partial charge >= 0.3 is 0 Å². The number of nitrogen functional groups attached to an aromatic ring is 1. The van der Waals surface area contributed by atoms with E-state index in [-0.39, 0.29) is 22.2 Å². The highest BCUT2D eigenvalue weighted by Gasteiger charge is 2.18. The van der Waals surface area contributed by atoms with Crippen molar-refractivity contribution < 1.29 is 13.9 Å². The molecule has 0 radical (unpaired) electrons. The maximum atomic E-state index is 14.4. The van der Waals surface area contributed by atoms with Crippen molar-refractivity contribution in [3.63, 3.8) is 0 Å². The monoisotopic (exact) mass is 447 g/mol. The van der Waals surface area contributed by atoms with Crippen molar-refractivity contribution in [3.8, 4) is 17.0 Å². The number of hydrogen-bond acceptors (Lipinski definition) is 5. The van der Waals surface area contributed by atoms with Gasteiger partial charge in [-0.1, -0.05) is 48.0 Å². The summed E-state index contributed by atoms with van der Waals surface area (Å²) in [7, 11) is 0. The second-order valence-corrected chi connectivity index (χ2v) is 7.62. The van der Waals surface area contributed by atoms with E-state index in [1.165, 1.54) is 18.2 Å². The molecular weight excluding hydrogens is 429 g/mol. The fourth-order valence-corrected chi connectivity index (χ4v) is 3.46. The second kappa shape index (κ2) is 9.16. The number of aromatic nitrogens is 2. The molecule has 1 aromatic heterocycles. The number of hydrogen-bond donors (Lipinski definition) is 1. The van der Waals surface area contributed by atoms with Gasteiger partial charge < -0.3 is 10.5 Å². The van der Waals surface area contributed by atoms with Crippen LogP contribution >= 0.6 is 11.6 Å². The smallest absolute Gasteiger partial charge is 0.221 e. The summed E-state index contributed by atoms with van der Waals surface area (Å²) in [6, 6.07) is 20.5. The third-order valence-corrected chi connectivity index (χ3v) is 5.03. The first kappa shape index (κ1) is 21.5. The molecule has 0 spiro atoms. The van der Waals surface area contributed by atoms with Crippen molar-refractivity contribution in [2.45, 2.75) is 13.5 Å². The van der Waals surface area contributed by atoms with Gasteiger partial charge in [0.05, 0.1) is 11.3 Å². The number of carbonyl (C=O) groups is 1. The van der Waals surface area contributed by atoms with Crippen molar-refractivity contribution in [2.75, 3.05) is 5.73 Å². The van der Waals surface area contributed by atoms with Crippen LogP contribution in [0, 0.1) is 12.7 Å². The van der Waals surface area contributed by atoms with Crippen LogP contribution in [0.1, 0.15) is 27.0 Å². The average molecular weight is 448 g/mol. The molecule has 4 aromatic rings. The molecule has 0 aliphatic rings. The number of carbonyl (C=O) groups excluding carboxylic acids is 1. The number of benzene rings is 3. The molecule has 2 N–H and O–H groups in total. The Bertz CT molecular complexity index is 1280. The van der Waals surface area contributed by atoms with E-state index in [2.05, 4.69) is 9.97 Å². The highest BCUT2D eigenvalue weighted by Crippen LogP contribution is 2.33. The lowest BCUT2D eigenvalue weighted by Crippen LogP contribution is -2.06. The highest BCUT2D eigenvalue weighted by atomic mass is 35.5. The lowest BCUT2D eigenvalue weighted by atomic mass is 9.98. The van der Waals surface area contributed by atoms with E-state index in [9.17, 15) is 9.18 Å². The molecule has 0 saturated carbocycles. The van der Waals surface area contributed by atoms with Crippen molar-refractivity contribution in [2.24, 2.45) is 0 Å². The van der Waals surface area contributed by atoms with E-state index in [4.69, 9.17) is 22.1 Å². The molecule has 0 aliphatic carbocycles. The number of rotatable bonds is 6. The van der Waals surface area contributed by atoms with E-state index < -0.39 is 11.6 Å². The molecule has 3 aromatic carbocycles. The lowest BCUT2D eigenvalue weighted by molar-refractivity contribution is 0.103. The number of anilines is 1. The number of nitrogens with zero attached hydrogens (tertiary/aromatic N) is 2. The van der Waals surface area contributed by atoms with Crippen molar-refractivity contribution in [3.05, 3.63) is 106 Å². The molecule has 4 rings (SSSR count). The van der Waals surface area contributed by atoms with Crippen LogP contribution in [0.25, 0.3) is 11.3 Å². The minimum Gasteiger partial charge on any atom is -0.488 e. The van der Waals surface area contributed by atoms with Gasteiger partial charge in [0.2, 0.25) is 5.95 Å². The summed E-state index contributed by atoms with van der Waals surface area (Å²) in [4.78, 5) is 21.1. The molecule has 7 heteroatoms. The summed E-state index contributed by atoms with van der Waals surface area (Å²) in [5.41, 5.74) is 8.63. The van der Waals surface area contributed by atoms with Gasteiger partial charge in [-0.3, -0.25) is 4.79 Å². The first-order valence-electron chi connectivity index (χ1n) is 9.83. The normalized spacial score (nSPS) is 10.7. The summed E-state index contributed by atoms with van der Waals surface area (Å²) in [5.74, 6) is -0.562. The Morgan fingerprint density at radius 3 is 2.53 bits per heavy atom. The summed E-state index contributed by atoms with van der Waals surface area (Å²) >= 11 is 6.07. The molecule has 5 nitrogen and oxygen atoms in total. The fraction of sp³-hybridized carbons (Fsp3) is 0.0800. The Morgan fingerprint density at radius 1 is 1.03 bits per heavy atom. The molecule has 0 unspecified atom stereocenters. The third kappa shape index (κ3) is 4.76. The predicted molar refractivity (Wildman–Crippen MR) is 122 cm³/mol. The molecular formula is C25H19ClFN3O2. The average Bonchev–Trinajstić information content (AvgIpc) is 2.77. The summed E-state index contributed by atoms with van der Waals surface area (Å²) in [5, 5.41) is 0.155. The van der Waals surface area contributed by atoms with Crippen molar-refractivity contribution >= 4 is 23.3 Å². The summed E-state index contributed by atoms with van der Waals surface area (Å²) in [6.45, 7) is 2.07. The van der Waals surface area contributed by atoms with E-state index in [0.29, 0.717) is 23.6 Å². The highest BCUT2D eigenvalue weighted by molar-refractivity contribution is 6.29. The first-order valence-corrected chi connectivity index (χ1v) is 10.2. The van der Waals surface area contributed by atoms with Gasteiger partial charge in [-0.25, -0.2) is 14.4 Å². The van der Waals surface area contributed by atoms with Gasteiger partial charge in [0, 0.05) is 17.2 Å². The lowest BCUT2D eigenvalue weighted by Gasteiger charge is -2.14. The van der Waals surface area contributed by atoms with Gasteiger partial charge in [0.1, 0.15) is 23.3 Å². The number of ether oxygens (including phenoxy) is 1. The summed E-state index contributed by atoms with van der Waals surface area (Å²) < 4.78 is 20.4. The Hall–Kier alpha value is -3.77. The van der Waals surface area contributed by atoms with Crippen LogP contribution in [0.2, 0.25) is 5.15 Å². The Labute approximate surface area is 189 Å². The quantitative estimate of drug-likeness (QED) is 0.306. The Morgan fingerprint density at radius 2 is 1.81 bits per heavy atom. The van der Waals surface area contributed by atoms with Crippen molar-refractivity contribution in [1.29, 1.82) is 0 Å². The van der Waals surface area contributed by atoms with Crippen LogP contribution in [-0.4, -0.2) is 15.8 Å². The standard InChI is InChI=1S/C25H19ClFN3O2/c1-15-7-9-18(20(27)11-15)24(31)17-8-10-22(32-14-16-5-3-2-4-6-16)19(12-17)21-13-23(26)30-25(28)29-21/h2-13H,14H2,1H3,(H2,28,29,30). The number of ketones is 1. The fourth-order valence-electron chi connectivity index (χ4n) is 3.27. The largest absolute Gasteiger partial charge is 0.488 e. The zero-order valence-electron chi connectivity index (χ0n) is 17.2. The first-order chi connectivity index (χ1) is 15.4. The number of aryl methyl sites for hydroxylation is 1. The van der Waals surface area contributed by atoms with Crippen LogP contribution < -0.4 is 10.5 Å². The molecule has 0 amide bonds. The van der Waals surface area contributed by atoms with Crippen LogP contribution in [-0.2, 0) is 6.61 Å². The SMILES string of the molecule is Cc1ccc(C(=O)c2ccc(OCc3ccccc3)c(-c3cc(Cl)nc(N)n3)c2)c(F)c1. The van der Waals surface area contributed by atoms with Gasteiger partial charge in [-0.15, -0.1) is 0 Å². The Balaban J connectivity index is 1.76. The van der Waals surface area contributed by atoms with Crippen molar-refractivity contribution in [1.82, 2.24) is 9.97 Å². The van der Waals surface area contributed by atoms with Gasteiger partial charge in [-0.05, 0) is 48.4 Å².